The van der Waals surface area contributed by atoms with Crippen LogP contribution < -0.4 is 11.1 Å². The molecule has 5 heteroatoms. The predicted octanol–water partition coefficient (Wildman–Crippen LogP) is 2.43. The van der Waals surface area contributed by atoms with Crippen LogP contribution in [-0.2, 0) is 6.42 Å². The number of nitrogens with zero attached hydrogens (tertiary/aromatic N) is 2. The minimum atomic E-state index is 0.263. The molecule has 2 rings (SSSR count). The molecule has 5 nitrogen and oxygen atoms in total. The highest BCUT2D eigenvalue weighted by molar-refractivity contribution is 5.44. The summed E-state index contributed by atoms with van der Waals surface area (Å²) in [6, 6.07) is 5.58. The van der Waals surface area contributed by atoms with Gasteiger partial charge in [-0.2, -0.15) is 0 Å². The van der Waals surface area contributed by atoms with Crippen LogP contribution in [0.2, 0.25) is 0 Å². The summed E-state index contributed by atoms with van der Waals surface area (Å²) in [5.74, 6) is 3.23. The van der Waals surface area contributed by atoms with Gasteiger partial charge in [-0.3, -0.25) is 0 Å². The summed E-state index contributed by atoms with van der Waals surface area (Å²) in [5, 5.41) is 3.23. The third-order valence-electron chi connectivity index (χ3n) is 2.54. The summed E-state index contributed by atoms with van der Waals surface area (Å²) in [6.45, 7) is 4.84. The third-order valence-corrected chi connectivity index (χ3v) is 2.54. The molecule has 3 N–H and O–H groups in total. The van der Waals surface area contributed by atoms with Gasteiger partial charge in [-0.05, 0) is 12.1 Å². The standard InChI is InChI=1S/C13H18N4O/c1-9(2)13-16-11(14)8-12(17-13)15-6-5-10-4-3-7-18-10/h3-4,7-9H,5-6H2,1-2H3,(H3,14,15,16,17). The second-order valence-corrected chi connectivity index (χ2v) is 4.45. The van der Waals surface area contributed by atoms with E-state index in [4.69, 9.17) is 10.2 Å². The predicted molar refractivity (Wildman–Crippen MR) is 71.4 cm³/mol. The maximum Gasteiger partial charge on any atom is 0.135 e. The topological polar surface area (TPSA) is 77.0 Å². The second kappa shape index (κ2) is 5.53. The number of hydrogen-bond acceptors (Lipinski definition) is 5. The molecule has 0 aliphatic heterocycles. The molecule has 0 unspecified atom stereocenters. The molecular weight excluding hydrogens is 228 g/mol. The van der Waals surface area contributed by atoms with E-state index in [1.54, 1.807) is 12.3 Å². The number of anilines is 2. The average Bonchev–Trinajstić information content (AvgIpc) is 2.81. The summed E-state index contributed by atoms with van der Waals surface area (Å²) in [5.41, 5.74) is 5.75. The van der Waals surface area contributed by atoms with E-state index in [0.717, 1.165) is 30.4 Å². The lowest BCUT2D eigenvalue weighted by Gasteiger charge is -2.09. The van der Waals surface area contributed by atoms with Gasteiger partial charge >= 0.3 is 0 Å². The summed E-state index contributed by atoms with van der Waals surface area (Å²) in [4.78, 5) is 8.62. The Morgan fingerprint density at radius 3 is 2.89 bits per heavy atom. The second-order valence-electron chi connectivity index (χ2n) is 4.45. The minimum Gasteiger partial charge on any atom is -0.469 e. The van der Waals surface area contributed by atoms with Crippen LogP contribution in [0.1, 0.15) is 31.4 Å². The van der Waals surface area contributed by atoms with Crippen LogP contribution in [0.3, 0.4) is 0 Å². The van der Waals surface area contributed by atoms with E-state index < -0.39 is 0 Å². The van der Waals surface area contributed by atoms with Crippen LogP contribution >= 0.6 is 0 Å². The first kappa shape index (κ1) is 12.4. The van der Waals surface area contributed by atoms with E-state index in [1.807, 2.05) is 26.0 Å². The van der Waals surface area contributed by atoms with Gasteiger partial charge in [-0.15, -0.1) is 0 Å². The summed E-state index contributed by atoms with van der Waals surface area (Å²) in [7, 11) is 0. The van der Waals surface area contributed by atoms with Crippen LogP contribution in [0.5, 0.6) is 0 Å². The summed E-state index contributed by atoms with van der Waals surface area (Å²) in [6.07, 6.45) is 2.49. The highest BCUT2D eigenvalue weighted by Crippen LogP contribution is 2.15. The number of aromatic nitrogens is 2. The van der Waals surface area contributed by atoms with E-state index in [1.165, 1.54) is 0 Å². The molecule has 0 aliphatic carbocycles. The zero-order chi connectivity index (χ0) is 13.0. The van der Waals surface area contributed by atoms with Gasteiger partial charge in [0.25, 0.3) is 0 Å². The molecular formula is C13H18N4O. The fourth-order valence-electron chi connectivity index (χ4n) is 1.60. The molecule has 96 valence electrons. The first-order chi connectivity index (χ1) is 8.65. The Bertz CT molecular complexity index is 494. The highest BCUT2D eigenvalue weighted by atomic mass is 16.3. The molecule has 2 heterocycles. The quantitative estimate of drug-likeness (QED) is 0.847. The van der Waals surface area contributed by atoms with Crippen molar-refractivity contribution in [3.05, 3.63) is 36.0 Å². The smallest absolute Gasteiger partial charge is 0.135 e. The fourth-order valence-corrected chi connectivity index (χ4v) is 1.60. The molecule has 2 aromatic heterocycles. The van der Waals surface area contributed by atoms with Gasteiger partial charge in [-0.25, -0.2) is 9.97 Å². The SMILES string of the molecule is CC(C)c1nc(N)cc(NCCc2ccco2)n1. The van der Waals surface area contributed by atoms with E-state index in [2.05, 4.69) is 15.3 Å². The zero-order valence-corrected chi connectivity index (χ0v) is 10.7. The number of nitrogens with one attached hydrogen (secondary N) is 1. The normalized spacial score (nSPS) is 10.8. The number of nitrogens with two attached hydrogens (primary N) is 1. The van der Waals surface area contributed by atoms with Crippen molar-refractivity contribution in [2.75, 3.05) is 17.6 Å². The number of nitrogen functional groups attached to an aromatic ring is 1. The molecule has 0 bridgehead atoms. The highest BCUT2D eigenvalue weighted by Gasteiger charge is 2.06. The van der Waals surface area contributed by atoms with Crippen molar-refractivity contribution >= 4 is 11.6 Å². The monoisotopic (exact) mass is 246 g/mol. The van der Waals surface area contributed by atoms with Crippen molar-refractivity contribution < 1.29 is 4.42 Å². The Morgan fingerprint density at radius 1 is 1.39 bits per heavy atom. The minimum absolute atomic E-state index is 0.263. The molecule has 0 atom stereocenters. The molecule has 0 aromatic carbocycles. The fraction of sp³-hybridized carbons (Fsp3) is 0.385. The largest absolute Gasteiger partial charge is 0.469 e. The van der Waals surface area contributed by atoms with Crippen molar-refractivity contribution in [3.63, 3.8) is 0 Å². The lowest BCUT2D eigenvalue weighted by molar-refractivity contribution is 0.513. The van der Waals surface area contributed by atoms with E-state index in [9.17, 15) is 0 Å². The molecule has 0 spiro atoms. The molecule has 0 amide bonds. The average molecular weight is 246 g/mol. The number of rotatable bonds is 5. The lowest BCUT2D eigenvalue weighted by atomic mass is 10.2. The molecule has 0 fully saturated rings. The number of hydrogen-bond donors (Lipinski definition) is 2. The molecule has 0 saturated heterocycles. The maximum atomic E-state index is 5.75. The summed E-state index contributed by atoms with van der Waals surface area (Å²) < 4.78 is 5.26. The van der Waals surface area contributed by atoms with Gasteiger partial charge in [0.1, 0.15) is 23.2 Å². The van der Waals surface area contributed by atoms with Crippen LogP contribution in [-0.4, -0.2) is 16.5 Å². The van der Waals surface area contributed by atoms with Crippen molar-refractivity contribution in [3.8, 4) is 0 Å². The van der Waals surface area contributed by atoms with Gasteiger partial charge in [0.2, 0.25) is 0 Å². The van der Waals surface area contributed by atoms with Gasteiger partial charge in [0.05, 0.1) is 6.26 Å². The van der Waals surface area contributed by atoms with Gasteiger partial charge in [0, 0.05) is 24.9 Å². The van der Waals surface area contributed by atoms with Crippen molar-refractivity contribution in [1.82, 2.24) is 9.97 Å². The maximum absolute atomic E-state index is 5.75. The number of furan rings is 1. The summed E-state index contributed by atoms with van der Waals surface area (Å²) >= 11 is 0. The van der Waals surface area contributed by atoms with Crippen molar-refractivity contribution in [1.29, 1.82) is 0 Å². The van der Waals surface area contributed by atoms with Crippen LogP contribution in [0, 0.1) is 0 Å². The Labute approximate surface area is 106 Å². The first-order valence-electron chi connectivity index (χ1n) is 6.06. The van der Waals surface area contributed by atoms with Gasteiger partial charge in [-0.1, -0.05) is 13.8 Å². The molecule has 18 heavy (non-hydrogen) atoms. The Balaban J connectivity index is 1.96. The molecule has 0 saturated carbocycles. The van der Waals surface area contributed by atoms with E-state index in [0.29, 0.717) is 5.82 Å². The van der Waals surface area contributed by atoms with Crippen LogP contribution in [0.4, 0.5) is 11.6 Å². The lowest BCUT2D eigenvalue weighted by Crippen LogP contribution is -2.09. The Kier molecular flexibility index (Phi) is 3.82. The molecule has 0 aliphatic rings. The zero-order valence-electron chi connectivity index (χ0n) is 10.7. The van der Waals surface area contributed by atoms with Crippen LogP contribution in [0.15, 0.2) is 28.9 Å². The molecule has 0 radical (unpaired) electrons. The van der Waals surface area contributed by atoms with Crippen molar-refractivity contribution in [2.24, 2.45) is 0 Å². The van der Waals surface area contributed by atoms with Crippen molar-refractivity contribution in [2.45, 2.75) is 26.2 Å². The Morgan fingerprint density at radius 2 is 2.22 bits per heavy atom. The first-order valence-corrected chi connectivity index (χ1v) is 6.06. The van der Waals surface area contributed by atoms with E-state index >= 15 is 0 Å². The van der Waals surface area contributed by atoms with Gasteiger partial charge < -0.3 is 15.5 Å². The van der Waals surface area contributed by atoms with Crippen LogP contribution in [0.25, 0.3) is 0 Å². The third kappa shape index (κ3) is 3.23. The molecule has 2 aromatic rings. The Hall–Kier alpha value is -2.04. The van der Waals surface area contributed by atoms with E-state index in [-0.39, 0.29) is 5.92 Å². The van der Waals surface area contributed by atoms with Gasteiger partial charge in [0.15, 0.2) is 0 Å².